The number of fused-ring (bicyclic) bond motifs is 4. The summed E-state index contributed by atoms with van der Waals surface area (Å²) in [5.74, 6) is -0.162. The van der Waals surface area contributed by atoms with Crippen molar-refractivity contribution in [3.05, 3.63) is 94.5 Å². The Labute approximate surface area is 202 Å². The summed E-state index contributed by atoms with van der Waals surface area (Å²) in [5, 5.41) is 8.44. The molecule has 1 amide bonds. The van der Waals surface area contributed by atoms with Crippen LogP contribution < -0.4 is 5.32 Å². The van der Waals surface area contributed by atoms with Crippen LogP contribution in [0.4, 0.5) is 0 Å². The van der Waals surface area contributed by atoms with Crippen LogP contribution in [0.3, 0.4) is 0 Å². The second kappa shape index (κ2) is 7.71. The van der Waals surface area contributed by atoms with E-state index in [0.717, 1.165) is 47.2 Å². The first-order valence-corrected chi connectivity index (χ1v) is 11.8. The normalized spacial score (nSPS) is 17.7. The van der Waals surface area contributed by atoms with Crippen LogP contribution in [0.1, 0.15) is 40.5 Å². The molecule has 6 nitrogen and oxygen atoms in total. The van der Waals surface area contributed by atoms with E-state index >= 15 is 0 Å². The number of nitrogens with zero attached hydrogens (tertiary/aromatic N) is 4. The van der Waals surface area contributed by atoms with Gasteiger partial charge in [0, 0.05) is 23.0 Å². The van der Waals surface area contributed by atoms with E-state index in [2.05, 4.69) is 36.3 Å². The van der Waals surface area contributed by atoms with Crippen molar-refractivity contribution in [2.24, 2.45) is 0 Å². The Kier molecular flexibility index (Phi) is 4.74. The Morgan fingerprint density at radius 1 is 1.12 bits per heavy atom. The van der Waals surface area contributed by atoms with Gasteiger partial charge in [-0.3, -0.25) is 9.36 Å². The number of rotatable bonds is 3. The van der Waals surface area contributed by atoms with Gasteiger partial charge in [-0.25, -0.2) is 9.50 Å². The molecule has 2 aromatic carbocycles. The zero-order valence-corrected chi connectivity index (χ0v) is 19.8. The molecule has 0 spiro atoms. The Hall–Kier alpha value is -3.64. The van der Waals surface area contributed by atoms with Gasteiger partial charge in [0.2, 0.25) is 0 Å². The summed E-state index contributed by atoms with van der Waals surface area (Å²) >= 11 is 6.60. The summed E-state index contributed by atoms with van der Waals surface area (Å²) in [7, 11) is 0. The maximum Gasteiger partial charge on any atom is 0.253 e. The fourth-order valence-electron chi connectivity index (χ4n) is 4.97. The standard InChI is InChI=1S/C27H24ClN5O/c1-17-7-10-24-20-14-27(2,12-11-22(20)31-33(24)15-17)30-26(34)19-9-8-18(13-21(19)28)32-16-29-23-5-3-4-6-25(23)32/h3-10,13,15-16H,11-12,14H2,1-2H3,(H,30,34). The summed E-state index contributed by atoms with van der Waals surface area (Å²) in [6.07, 6.45) is 6.21. The van der Waals surface area contributed by atoms with Gasteiger partial charge in [-0.1, -0.05) is 29.8 Å². The zero-order chi connectivity index (χ0) is 23.4. The van der Waals surface area contributed by atoms with Crippen LogP contribution in [0, 0.1) is 6.92 Å². The van der Waals surface area contributed by atoms with Gasteiger partial charge in [0.05, 0.1) is 32.8 Å². The fraction of sp³-hybridized carbons (Fsp3) is 0.222. The van der Waals surface area contributed by atoms with Gasteiger partial charge >= 0.3 is 0 Å². The number of pyridine rings is 1. The number of carbonyl (C=O) groups excluding carboxylic acids is 1. The molecule has 0 fully saturated rings. The molecule has 5 aromatic rings. The number of amides is 1. The van der Waals surface area contributed by atoms with Crippen molar-refractivity contribution >= 4 is 34.1 Å². The average molecular weight is 470 g/mol. The largest absolute Gasteiger partial charge is 0.346 e. The number of imidazole rings is 1. The maximum absolute atomic E-state index is 13.3. The highest BCUT2D eigenvalue weighted by atomic mass is 35.5. The predicted molar refractivity (Wildman–Crippen MR) is 134 cm³/mol. The summed E-state index contributed by atoms with van der Waals surface area (Å²) in [5.41, 5.74) is 7.47. The van der Waals surface area contributed by atoms with Crippen LogP contribution in [-0.2, 0) is 12.8 Å². The van der Waals surface area contributed by atoms with Gasteiger partial charge in [0.25, 0.3) is 5.91 Å². The SMILES string of the molecule is Cc1ccc2c3c(nn2c1)CCC(C)(NC(=O)c1ccc(-n2cnc4ccccc42)cc1Cl)C3. The fourth-order valence-corrected chi connectivity index (χ4v) is 5.23. The first-order valence-electron chi connectivity index (χ1n) is 11.4. The number of hydrogen-bond acceptors (Lipinski definition) is 3. The lowest BCUT2D eigenvalue weighted by atomic mass is 9.81. The summed E-state index contributed by atoms with van der Waals surface area (Å²) in [6.45, 7) is 4.17. The minimum absolute atomic E-state index is 0.162. The lowest BCUT2D eigenvalue weighted by Crippen LogP contribution is -2.49. The molecule has 1 atom stereocenters. The van der Waals surface area contributed by atoms with Crippen molar-refractivity contribution in [3.63, 3.8) is 0 Å². The molecule has 0 radical (unpaired) electrons. The molecule has 1 unspecified atom stereocenters. The van der Waals surface area contributed by atoms with Crippen molar-refractivity contribution in [2.75, 3.05) is 0 Å². The van der Waals surface area contributed by atoms with E-state index < -0.39 is 0 Å². The van der Waals surface area contributed by atoms with E-state index in [1.807, 2.05) is 51.7 Å². The summed E-state index contributed by atoms with van der Waals surface area (Å²) in [6, 6.07) is 17.7. The molecule has 1 N–H and O–H groups in total. The Morgan fingerprint density at radius 3 is 2.82 bits per heavy atom. The topological polar surface area (TPSA) is 64.2 Å². The first-order chi connectivity index (χ1) is 16.4. The molecular weight excluding hydrogens is 446 g/mol. The number of hydrogen-bond donors (Lipinski definition) is 1. The average Bonchev–Trinajstić information content (AvgIpc) is 3.39. The van der Waals surface area contributed by atoms with Gasteiger partial charge in [-0.2, -0.15) is 5.10 Å². The van der Waals surface area contributed by atoms with Crippen molar-refractivity contribution < 1.29 is 4.79 Å². The van der Waals surface area contributed by atoms with Gasteiger partial charge in [-0.05, 0) is 75.1 Å². The molecule has 0 aliphatic heterocycles. The highest BCUT2D eigenvalue weighted by Gasteiger charge is 2.34. The van der Waals surface area contributed by atoms with Gasteiger partial charge in [0.1, 0.15) is 6.33 Å². The number of nitrogens with one attached hydrogen (secondary N) is 1. The minimum Gasteiger partial charge on any atom is -0.346 e. The molecule has 170 valence electrons. The molecule has 0 saturated heterocycles. The number of carbonyl (C=O) groups is 1. The summed E-state index contributed by atoms with van der Waals surface area (Å²) < 4.78 is 3.93. The monoisotopic (exact) mass is 469 g/mol. The molecule has 1 aliphatic rings. The van der Waals surface area contributed by atoms with Crippen LogP contribution in [0.15, 0.2) is 67.1 Å². The van der Waals surface area contributed by atoms with Crippen molar-refractivity contribution in [3.8, 4) is 5.69 Å². The smallest absolute Gasteiger partial charge is 0.253 e. The minimum atomic E-state index is -0.374. The maximum atomic E-state index is 13.3. The molecule has 34 heavy (non-hydrogen) atoms. The van der Waals surface area contributed by atoms with Crippen LogP contribution >= 0.6 is 11.6 Å². The number of aromatic nitrogens is 4. The Morgan fingerprint density at radius 2 is 1.97 bits per heavy atom. The van der Waals surface area contributed by atoms with Gasteiger partial charge in [0.15, 0.2) is 0 Å². The number of halogens is 1. The molecule has 0 bridgehead atoms. The number of benzene rings is 2. The molecule has 7 heteroatoms. The summed E-state index contributed by atoms with van der Waals surface area (Å²) in [4.78, 5) is 17.7. The molecule has 1 aliphatic carbocycles. The van der Waals surface area contributed by atoms with E-state index in [4.69, 9.17) is 16.7 Å². The predicted octanol–water partition coefficient (Wildman–Crippen LogP) is 5.31. The van der Waals surface area contributed by atoms with Crippen LogP contribution in [0.5, 0.6) is 0 Å². The quantitative estimate of drug-likeness (QED) is 0.389. The van der Waals surface area contributed by atoms with Crippen LogP contribution in [-0.4, -0.2) is 30.6 Å². The third-order valence-electron chi connectivity index (χ3n) is 6.79. The number of aryl methyl sites for hydroxylation is 2. The van der Waals surface area contributed by atoms with Crippen molar-refractivity contribution in [1.29, 1.82) is 0 Å². The molecule has 3 heterocycles. The highest BCUT2D eigenvalue weighted by molar-refractivity contribution is 6.34. The molecular formula is C27H24ClN5O. The van der Waals surface area contributed by atoms with E-state index in [-0.39, 0.29) is 11.4 Å². The molecule has 3 aromatic heterocycles. The number of para-hydroxylation sites is 2. The third-order valence-corrected chi connectivity index (χ3v) is 7.10. The zero-order valence-electron chi connectivity index (χ0n) is 19.0. The Bertz CT molecular complexity index is 1580. The van der Waals surface area contributed by atoms with Crippen molar-refractivity contribution in [1.82, 2.24) is 24.5 Å². The highest BCUT2D eigenvalue weighted by Crippen LogP contribution is 2.32. The first kappa shape index (κ1) is 20.9. The third kappa shape index (κ3) is 3.46. The molecule has 0 saturated carbocycles. The lowest BCUT2D eigenvalue weighted by molar-refractivity contribution is 0.0898. The second-order valence-corrected chi connectivity index (χ2v) is 9.83. The van der Waals surface area contributed by atoms with E-state index in [1.54, 1.807) is 12.4 Å². The van der Waals surface area contributed by atoms with E-state index in [9.17, 15) is 4.79 Å². The van der Waals surface area contributed by atoms with Gasteiger partial charge in [-0.15, -0.1) is 0 Å². The van der Waals surface area contributed by atoms with Crippen LogP contribution in [0.25, 0.3) is 22.2 Å². The Balaban J connectivity index is 1.26. The molecule has 6 rings (SSSR count). The van der Waals surface area contributed by atoms with E-state index in [1.165, 1.54) is 11.1 Å². The van der Waals surface area contributed by atoms with E-state index in [0.29, 0.717) is 10.6 Å². The van der Waals surface area contributed by atoms with Crippen LogP contribution in [0.2, 0.25) is 5.02 Å². The van der Waals surface area contributed by atoms with Crippen molar-refractivity contribution in [2.45, 2.75) is 38.6 Å². The second-order valence-electron chi connectivity index (χ2n) is 9.42. The van der Waals surface area contributed by atoms with Gasteiger partial charge < -0.3 is 5.32 Å². The lowest BCUT2D eigenvalue weighted by Gasteiger charge is -2.34.